The van der Waals surface area contributed by atoms with Gasteiger partial charge in [0.2, 0.25) is 0 Å². The lowest BCUT2D eigenvalue weighted by Crippen LogP contribution is -2.36. The van der Waals surface area contributed by atoms with Crippen molar-refractivity contribution in [2.45, 2.75) is 157 Å². The van der Waals surface area contributed by atoms with Gasteiger partial charge in [-0.1, -0.05) is 41.5 Å². The molecule has 10 nitrogen and oxygen atoms in total. The second-order valence-corrected chi connectivity index (χ2v) is 15.4. The summed E-state index contributed by atoms with van der Waals surface area (Å²) < 4.78 is 10.7. The monoisotopic (exact) mass is 598 g/mol. The lowest BCUT2D eigenvalue weighted by atomic mass is 9.72. The fraction of sp³-hybridized carbons (Fsp3) is 0.875. The second kappa shape index (κ2) is 14.5. The Bertz CT molecular complexity index is 848. The average Bonchev–Trinajstić information content (AvgIpc) is 2.89. The summed E-state index contributed by atoms with van der Waals surface area (Å²) in [6.45, 7) is 19.9. The fourth-order valence-electron chi connectivity index (χ4n) is 5.55. The van der Waals surface area contributed by atoms with Crippen molar-refractivity contribution in [2.24, 2.45) is 22.7 Å². The van der Waals surface area contributed by atoms with Crippen molar-refractivity contribution in [3.05, 3.63) is 0 Å². The van der Waals surface area contributed by atoms with Crippen molar-refractivity contribution in [3.8, 4) is 0 Å². The van der Waals surface area contributed by atoms with E-state index in [9.17, 15) is 19.2 Å². The van der Waals surface area contributed by atoms with E-state index in [-0.39, 0.29) is 23.0 Å². The van der Waals surface area contributed by atoms with Gasteiger partial charge in [-0.3, -0.25) is 9.78 Å². The average molecular weight is 599 g/mol. The number of hydrogen-bond donors (Lipinski definition) is 0. The Morgan fingerprint density at radius 1 is 0.476 bits per heavy atom. The van der Waals surface area contributed by atoms with Crippen molar-refractivity contribution < 1.29 is 48.2 Å². The van der Waals surface area contributed by atoms with Gasteiger partial charge in [-0.2, -0.15) is 9.78 Å². The molecule has 42 heavy (non-hydrogen) atoms. The molecular weight excluding hydrogens is 544 g/mol. The lowest BCUT2D eigenvalue weighted by molar-refractivity contribution is -0.339. The lowest BCUT2D eigenvalue weighted by Gasteiger charge is -2.36. The quantitative estimate of drug-likeness (QED) is 0.125. The molecule has 0 bridgehead atoms. The van der Waals surface area contributed by atoms with Crippen molar-refractivity contribution in [1.82, 2.24) is 0 Å². The molecule has 2 saturated carbocycles. The van der Waals surface area contributed by atoms with Crippen LogP contribution in [0.2, 0.25) is 0 Å². The predicted octanol–water partition coefficient (Wildman–Crippen LogP) is 6.57. The summed E-state index contributed by atoms with van der Waals surface area (Å²) in [5.74, 6) is -3.47. The van der Waals surface area contributed by atoms with Crippen LogP contribution in [-0.4, -0.2) is 47.3 Å². The maximum Gasteiger partial charge on any atom is 0.449 e. The first-order valence-corrected chi connectivity index (χ1v) is 15.4. The first-order valence-electron chi connectivity index (χ1n) is 15.4. The molecule has 0 aromatic carbocycles. The molecule has 0 amide bonds. The highest BCUT2D eigenvalue weighted by Gasteiger charge is 2.36. The van der Waals surface area contributed by atoms with E-state index in [1.165, 1.54) is 0 Å². The van der Waals surface area contributed by atoms with Crippen LogP contribution in [0.4, 0.5) is 0 Å². The second-order valence-electron chi connectivity index (χ2n) is 15.4. The summed E-state index contributed by atoms with van der Waals surface area (Å²) in [4.78, 5) is 68.9. The van der Waals surface area contributed by atoms with Crippen LogP contribution in [0.25, 0.3) is 0 Å². The van der Waals surface area contributed by atoms with Gasteiger partial charge in [-0.25, -0.2) is 19.2 Å². The predicted molar refractivity (Wildman–Crippen MR) is 154 cm³/mol. The summed E-state index contributed by atoms with van der Waals surface area (Å²) in [5.41, 5.74) is -1.58. The summed E-state index contributed by atoms with van der Waals surface area (Å²) in [5, 5.41) is 0. The summed E-state index contributed by atoms with van der Waals surface area (Å²) >= 11 is 0. The van der Waals surface area contributed by atoms with E-state index in [0.717, 1.165) is 25.7 Å². The molecule has 0 aromatic heterocycles. The number of hydrogen-bond acceptors (Lipinski definition) is 10. The maximum atomic E-state index is 12.2. The van der Waals surface area contributed by atoms with E-state index in [1.54, 1.807) is 27.7 Å². The maximum absolute atomic E-state index is 12.2. The third-order valence-corrected chi connectivity index (χ3v) is 8.69. The minimum Gasteiger partial charge on any atom is -0.454 e. The minimum absolute atomic E-state index is 0.200. The van der Waals surface area contributed by atoms with Crippen molar-refractivity contribution in [2.75, 3.05) is 0 Å². The van der Waals surface area contributed by atoms with Gasteiger partial charge >= 0.3 is 23.9 Å². The SMILES string of the molecule is CC(C)(CCC(C)(C)OOC(=O)C(=O)OC1CCC(C(C)(C)C)CC1)OOC(=O)C(=O)OC1CCC(C(C)(C)C)CC1. The molecule has 242 valence electrons. The van der Waals surface area contributed by atoms with E-state index in [0.29, 0.717) is 50.4 Å². The van der Waals surface area contributed by atoms with Crippen LogP contribution in [0.15, 0.2) is 0 Å². The van der Waals surface area contributed by atoms with Crippen LogP contribution in [0, 0.1) is 22.7 Å². The standard InChI is InChI=1S/C32H54O10/c1-29(2,3)21-11-15-23(16-12-21)37-25(33)27(35)39-41-31(7,8)19-20-32(9,10)42-40-28(36)26(34)38-24-17-13-22(14-18-24)30(4,5)6/h21-24H,11-20H2,1-10H3. The Morgan fingerprint density at radius 2 is 0.762 bits per heavy atom. The Hall–Kier alpha value is -2.20. The van der Waals surface area contributed by atoms with Gasteiger partial charge in [0.15, 0.2) is 0 Å². The van der Waals surface area contributed by atoms with Gasteiger partial charge in [-0.05, 0) is 115 Å². The highest BCUT2D eigenvalue weighted by molar-refractivity contribution is 6.29. The zero-order chi connectivity index (χ0) is 31.9. The van der Waals surface area contributed by atoms with E-state index in [4.69, 9.17) is 29.0 Å². The van der Waals surface area contributed by atoms with E-state index >= 15 is 0 Å². The number of carbonyl (C=O) groups excluding carboxylic acids is 4. The topological polar surface area (TPSA) is 124 Å². The van der Waals surface area contributed by atoms with Gasteiger partial charge < -0.3 is 9.47 Å². The minimum atomic E-state index is -1.21. The normalized spacial score (nSPS) is 24.0. The zero-order valence-corrected chi connectivity index (χ0v) is 27.5. The molecule has 0 atom stereocenters. The smallest absolute Gasteiger partial charge is 0.449 e. The molecule has 0 radical (unpaired) electrons. The molecule has 0 aliphatic heterocycles. The summed E-state index contributed by atoms with van der Waals surface area (Å²) in [7, 11) is 0. The van der Waals surface area contributed by atoms with Crippen molar-refractivity contribution >= 4 is 23.9 Å². The number of rotatable bonds is 9. The third kappa shape index (κ3) is 12.2. The molecule has 2 fully saturated rings. The van der Waals surface area contributed by atoms with Gasteiger partial charge in [0.25, 0.3) is 0 Å². The molecular formula is C32H54O10. The number of carbonyl (C=O) groups is 4. The van der Waals surface area contributed by atoms with Crippen molar-refractivity contribution in [3.63, 3.8) is 0 Å². The molecule has 0 saturated heterocycles. The number of ether oxygens (including phenoxy) is 2. The molecule has 0 N–H and O–H groups in total. The molecule has 0 spiro atoms. The molecule has 2 aliphatic carbocycles. The van der Waals surface area contributed by atoms with Crippen LogP contribution < -0.4 is 0 Å². The first kappa shape index (κ1) is 36.0. The fourth-order valence-corrected chi connectivity index (χ4v) is 5.55. The van der Waals surface area contributed by atoms with Gasteiger partial charge in [-0.15, -0.1) is 0 Å². The Balaban J connectivity index is 1.68. The Kier molecular flexibility index (Phi) is 12.4. The third-order valence-electron chi connectivity index (χ3n) is 8.69. The molecule has 0 unspecified atom stereocenters. The molecule has 2 aliphatic rings. The molecule has 10 heteroatoms. The highest BCUT2D eigenvalue weighted by Crippen LogP contribution is 2.39. The largest absolute Gasteiger partial charge is 0.454 e. The van der Waals surface area contributed by atoms with E-state index < -0.39 is 35.1 Å². The van der Waals surface area contributed by atoms with E-state index in [2.05, 4.69) is 41.5 Å². The molecule has 0 aromatic rings. The van der Waals surface area contributed by atoms with Crippen LogP contribution in [0.5, 0.6) is 0 Å². The molecule has 0 heterocycles. The summed E-state index contributed by atoms with van der Waals surface area (Å²) in [6.07, 6.45) is 6.59. The van der Waals surface area contributed by atoms with Crippen LogP contribution in [-0.2, 0) is 48.2 Å². The van der Waals surface area contributed by atoms with Gasteiger partial charge in [0.1, 0.15) is 23.4 Å². The van der Waals surface area contributed by atoms with Crippen LogP contribution in [0.1, 0.15) is 133 Å². The van der Waals surface area contributed by atoms with E-state index in [1.807, 2.05) is 0 Å². The molecule has 2 rings (SSSR count). The van der Waals surface area contributed by atoms with Crippen molar-refractivity contribution in [1.29, 1.82) is 0 Å². The van der Waals surface area contributed by atoms with Crippen LogP contribution in [0.3, 0.4) is 0 Å². The first-order chi connectivity index (χ1) is 19.2. The Morgan fingerprint density at radius 3 is 1.02 bits per heavy atom. The highest BCUT2D eigenvalue weighted by atomic mass is 17.2. The number of esters is 2. The summed E-state index contributed by atoms with van der Waals surface area (Å²) in [6, 6.07) is 0. The Labute approximate surface area is 251 Å². The van der Waals surface area contributed by atoms with Gasteiger partial charge in [0.05, 0.1) is 0 Å². The van der Waals surface area contributed by atoms with Crippen LogP contribution >= 0.6 is 0 Å². The zero-order valence-electron chi connectivity index (χ0n) is 27.5. The van der Waals surface area contributed by atoms with Gasteiger partial charge in [0, 0.05) is 0 Å².